The molecule has 2 N–H and O–H groups in total. The maximum absolute atomic E-state index is 11.4. The number of methoxy groups -OCH3 is 1. The molecular weight excluding hydrogens is 210 g/mol. The molecular formula is C11H9NO4. The summed E-state index contributed by atoms with van der Waals surface area (Å²) in [6, 6.07) is 2.56. The van der Waals surface area contributed by atoms with Gasteiger partial charge in [0.05, 0.1) is 12.7 Å². The minimum Gasteiger partial charge on any atom is -0.508 e. The summed E-state index contributed by atoms with van der Waals surface area (Å²) in [5.74, 6) is -0.822. The first kappa shape index (κ1) is 10.2. The molecule has 16 heavy (non-hydrogen) atoms. The van der Waals surface area contributed by atoms with Crippen LogP contribution in [0.2, 0.25) is 0 Å². The van der Waals surface area contributed by atoms with Gasteiger partial charge in [0, 0.05) is 29.2 Å². The van der Waals surface area contributed by atoms with Crippen LogP contribution in [0.25, 0.3) is 10.8 Å². The summed E-state index contributed by atoms with van der Waals surface area (Å²) < 4.78 is 4.58. The van der Waals surface area contributed by atoms with E-state index in [4.69, 9.17) is 0 Å². The topological polar surface area (TPSA) is 79.7 Å². The first-order valence-corrected chi connectivity index (χ1v) is 4.51. The van der Waals surface area contributed by atoms with E-state index in [2.05, 4.69) is 9.72 Å². The molecule has 0 amide bonds. The van der Waals surface area contributed by atoms with Crippen LogP contribution in [-0.2, 0) is 4.74 Å². The van der Waals surface area contributed by atoms with E-state index >= 15 is 0 Å². The van der Waals surface area contributed by atoms with E-state index in [1.54, 1.807) is 0 Å². The lowest BCUT2D eigenvalue weighted by Gasteiger charge is -2.06. The average Bonchev–Trinajstić information content (AvgIpc) is 2.27. The average molecular weight is 219 g/mol. The van der Waals surface area contributed by atoms with Crippen LogP contribution in [0.4, 0.5) is 0 Å². The van der Waals surface area contributed by atoms with Crippen molar-refractivity contribution in [1.82, 2.24) is 4.98 Å². The Labute approximate surface area is 90.9 Å². The van der Waals surface area contributed by atoms with Crippen molar-refractivity contribution in [2.75, 3.05) is 7.11 Å². The summed E-state index contributed by atoms with van der Waals surface area (Å²) in [5, 5.41) is 19.7. The number of hydrogen-bond acceptors (Lipinski definition) is 5. The second-order valence-corrected chi connectivity index (χ2v) is 3.24. The lowest BCUT2D eigenvalue weighted by atomic mass is 10.1. The minimum absolute atomic E-state index is 0.124. The molecule has 0 fully saturated rings. The van der Waals surface area contributed by atoms with Gasteiger partial charge < -0.3 is 14.9 Å². The highest BCUT2D eigenvalue weighted by molar-refractivity contribution is 6.05. The molecule has 2 aromatic rings. The Hall–Kier alpha value is -2.30. The van der Waals surface area contributed by atoms with Gasteiger partial charge in [-0.25, -0.2) is 4.79 Å². The minimum atomic E-state index is -0.567. The third-order valence-electron chi connectivity index (χ3n) is 2.25. The van der Waals surface area contributed by atoms with Gasteiger partial charge in [0.15, 0.2) is 0 Å². The number of rotatable bonds is 1. The fourth-order valence-electron chi connectivity index (χ4n) is 1.51. The highest BCUT2D eigenvalue weighted by Gasteiger charge is 2.13. The van der Waals surface area contributed by atoms with Crippen LogP contribution in [0.1, 0.15) is 10.4 Å². The van der Waals surface area contributed by atoms with E-state index in [1.165, 1.54) is 31.6 Å². The predicted octanol–water partition coefficient (Wildman–Crippen LogP) is 1.43. The summed E-state index contributed by atoms with van der Waals surface area (Å²) in [4.78, 5) is 15.3. The Bertz CT molecular complexity index is 565. The first-order chi connectivity index (χ1) is 7.63. The highest BCUT2D eigenvalue weighted by atomic mass is 16.5. The molecule has 2 rings (SSSR count). The molecule has 0 unspecified atom stereocenters. The number of nitrogens with zero attached hydrogens (tertiary/aromatic N) is 1. The molecule has 0 atom stereocenters. The number of hydrogen-bond donors (Lipinski definition) is 2. The predicted molar refractivity (Wildman–Crippen MR) is 56.4 cm³/mol. The van der Waals surface area contributed by atoms with Gasteiger partial charge in [0.1, 0.15) is 11.5 Å². The van der Waals surface area contributed by atoms with Crippen molar-refractivity contribution in [3.63, 3.8) is 0 Å². The van der Waals surface area contributed by atoms with Crippen LogP contribution in [0.15, 0.2) is 24.5 Å². The molecule has 0 bridgehead atoms. The number of fused-ring (bicyclic) bond motifs is 1. The molecule has 0 aliphatic heterocycles. The lowest BCUT2D eigenvalue weighted by molar-refractivity contribution is 0.0602. The zero-order chi connectivity index (χ0) is 11.7. The standard InChI is InChI=1S/C11H9NO4/c1-16-11(15)9-5-12-4-8-7(9)2-6(13)3-10(8)14/h2-5,13-14H,1H3. The number of carbonyl (C=O) groups excluding carboxylic acids is 1. The van der Waals surface area contributed by atoms with Gasteiger partial charge in [-0.15, -0.1) is 0 Å². The highest BCUT2D eigenvalue weighted by Crippen LogP contribution is 2.31. The van der Waals surface area contributed by atoms with Crippen molar-refractivity contribution >= 4 is 16.7 Å². The van der Waals surface area contributed by atoms with Crippen LogP contribution < -0.4 is 0 Å². The fourth-order valence-corrected chi connectivity index (χ4v) is 1.51. The molecule has 0 spiro atoms. The summed E-state index contributed by atoms with van der Waals surface area (Å²) in [5.41, 5.74) is 0.200. The second kappa shape index (κ2) is 3.69. The summed E-state index contributed by atoms with van der Waals surface area (Å²) in [7, 11) is 1.25. The quantitative estimate of drug-likeness (QED) is 0.709. The number of benzene rings is 1. The zero-order valence-electron chi connectivity index (χ0n) is 8.47. The van der Waals surface area contributed by atoms with Crippen LogP contribution >= 0.6 is 0 Å². The van der Waals surface area contributed by atoms with E-state index in [0.29, 0.717) is 10.8 Å². The van der Waals surface area contributed by atoms with E-state index in [9.17, 15) is 15.0 Å². The van der Waals surface area contributed by atoms with Gasteiger partial charge in [0.2, 0.25) is 0 Å². The molecule has 82 valence electrons. The van der Waals surface area contributed by atoms with Crippen LogP contribution in [0.3, 0.4) is 0 Å². The van der Waals surface area contributed by atoms with Gasteiger partial charge in [-0.05, 0) is 6.07 Å². The Balaban J connectivity index is 2.81. The van der Waals surface area contributed by atoms with Crippen molar-refractivity contribution in [3.8, 4) is 11.5 Å². The molecule has 5 heteroatoms. The van der Waals surface area contributed by atoms with Crippen molar-refractivity contribution in [3.05, 3.63) is 30.1 Å². The van der Waals surface area contributed by atoms with Crippen LogP contribution in [0.5, 0.6) is 11.5 Å². The number of phenolic OH excluding ortho intramolecular Hbond substituents is 2. The number of pyridine rings is 1. The fraction of sp³-hybridized carbons (Fsp3) is 0.0909. The molecule has 0 saturated carbocycles. The van der Waals surface area contributed by atoms with Crippen molar-refractivity contribution < 1.29 is 19.7 Å². The van der Waals surface area contributed by atoms with Gasteiger partial charge in [-0.2, -0.15) is 0 Å². The first-order valence-electron chi connectivity index (χ1n) is 4.51. The maximum atomic E-state index is 11.4. The largest absolute Gasteiger partial charge is 0.508 e. The van der Waals surface area contributed by atoms with E-state index in [1.807, 2.05) is 0 Å². The van der Waals surface area contributed by atoms with E-state index < -0.39 is 5.97 Å². The summed E-state index contributed by atoms with van der Waals surface area (Å²) >= 11 is 0. The van der Waals surface area contributed by atoms with Crippen molar-refractivity contribution in [2.45, 2.75) is 0 Å². The van der Waals surface area contributed by atoms with Gasteiger partial charge in [-0.1, -0.05) is 0 Å². The van der Waals surface area contributed by atoms with Gasteiger partial charge >= 0.3 is 5.97 Å². The maximum Gasteiger partial charge on any atom is 0.340 e. The molecule has 1 aromatic carbocycles. The second-order valence-electron chi connectivity index (χ2n) is 3.24. The normalized spacial score (nSPS) is 10.3. The third kappa shape index (κ3) is 1.52. The lowest BCUT2D eigenvalue weighted by Crippen LogP contribution is -2.02. The molecule has 0 aliphatic carbocycles. The van der Waals surface area contributed by atoms with E-state index in [0.717, 1.165) is 0 Å². The van der Waals surface area contributed by atoms with Crippen molar-refractivity contribution in [1.29, 1.82) is 0 Å². The molecule has 0 radical (unpaired) electrons. The molecule has 5 nitrogen and oxygen atoms in total. The number of esters is 1. The SMILES string of the molecule is COC(=O)c1cncc2c(O)cc(O)cc12. The summed E-state index contributed by atoms with van der Waals surface area (Å²) in [6.07, 6.45) is 2.74. The number of carbonyl (C=O) groups is 1. The van der Waals surface area contributed by atoms with Gasteiger partial charge in [-0.3, -0.25) is 4.98 Å². The Morgan fingerprint density at radius 3 is 2.69 bits per heavy atom. The molecule has 0 aliphatic rings. The number of aromatic hydroxyl groups is 2. The van der Waals surface area contributed by atoms with Crippen LogP contribution in [-0.4, -0.2) is 28.3 Å². The number of ether oxygens (including phenoxy) is 1. The third-order valence-corrected chi connectivity index (χ3v) is 2.25. The van der Waals surface area contributed by atoms with Crippen LogP contribution in [0, 0.1) is 0 Å². The smallest absolute Gasteiger partial charge is 0.340 e. The molecule has 1 heterocycles. The van der Waals surface area contributed by atoms with Crippen molar-refractivity contribution in [2.24, 2.45) is 0 Å². The Morgan fingerprint density at radius 1 is 1.25 bits per heavy atom. The zero-order valence-corrected chi connectivity index (χ0v) is 8.47. The molecule has 1 aromatic heterocycles. The Kier molecular flexibility index (Phi) is 2.36. The number of phenols is 2. The number of aromatic nitrogens is 1. The summed E-state index contributed by atoms with van der Waals surface area (Å²) in [6.45, 7) is 0. The molecule has 0 saturated heterocycles. The van der Waals surface area contributed by atoms with E-state index in [-0.39, 0.29) is 17.1 Å². The monoisotopic (exact) mass is 219 g/mol. The Morgan fingerprint density at radius 2 is 2.00 bits per heavy atom. The van der Waals surface area contributed by atoms with Gasteiger partial charge in [0.25, 0.3) is 0 Å².